The lowest BCUT2D eigenvalue weighted by molar-refractivity contribution is -0.170. The van der Waals surface area contributed by atoms with Gasteiger partial charge in [0.05, 0.1) is 6.04 Å². The van der Waals surface area contributed by atoms with Crippen LogP contribution in [0.2, 0.25) is 0 Å². The van der Waals surface area contributed by atoms with Crippen LogP contribution in [-0.2, 0) is 4.74 Å². The molecule has 0 amide bonds. The highest BCUT2D eigenvalue weighted by molar-refractivity contribution is 5.83. The molecule has 0 bridgehead atoms. The number of hydrogen-bond acceptors (Lipinski definition) is 3. The van der Waals surface area contributed by atoms with Crippen molar-refractivity contribution in [1.29, 1.82) is 0 Å². The predicted octanol–water partition coefficient (Wildman–Crippen LogP) is 1.37. The maximum atomic E-state index is 11.8. The minimum absolute atomic E-state index is 0.167. The van der Waals surface area contributed by atoms with Crippen LogP contribution in [0.15, 0.2) is 4.99 Å². The van der Waals surface area contributed by atoms with Gasteiger partial charge in [-0.1, -0.05) is 12.8 Å². The SMILES string of the molecule is NNC(COCC(F)(F)F)=NC1CCCC1. The molecule has 0 atom stereocenters. The highest BCUT2D eigenvalue weighted by atomic mass is 19.4. The van der Waals surface area contributed by atoms with Crippen LogP contribution in [-0.4, -0.2) is 31.3 Å². The van der Waals surface area contributed by atoms with Crippen molar-refractivity contribution in [2.45, 2.75) is 37.9 Å². The Labute approximate surface area is 92.0 Å². The Balaban J connectivity index is 2.30. The zero-order chi connectivity index (χ0) is 12.0. The molecule has 1 aliphatic carbocycles. The summed E-state index contributed by atoms with van der Waals surface area (Å²) in [6, 6.07) is 0.167. The summed E-state index contributed by atoms with van der Waals surface area (Å²) >= 11 is 0. The second-order valence-corrected chi connectivity index (χ2v) is 3.77. The summed E-state index contributed by atoms with van der Waals surface area (Å²) in [5.41, 5.74) is 2.27. The van der Waals surface area contributed by atoms with Crippen LogP contribution >= 0.6 is 0 Å². The first-order chi connectivity index (χ1) is 7.51. The van der Waals surface area contributed by atoms with Gasteiger partial charge in [0.1, 0.15) is 19.0 Å². The van der Waals surface area contributed by atoms with Gasteiger partial charge in [0.25, 0.3) is 0 Å². The minimum atomic E-state index is -4.31. The standard InChI is InChI=1S/C9H16F3N3O/c10-9(11,12)6-16-5-8(15-13)14-7-3-1-2-4-7/h7H,1-6,13H2,(H,14,15). The fourth-order valence-corrected chi connectivity index (χ4v) is 1.63. The van der Waals surface area contributed by atoms with E-state index in [1.165, 1.54) is 0 Å². The largest absolute Gasteiger partial charge is 0.411 e. The van der Waals surface area contributed by atoms with Gasteiger partial charge in [-0.2, -0.15) is 13.2 Å². The van der Waals surface area contributed by atoms with Crippen molar-refractivity contribution >= 4 is 5.84 Å². The molecule has 7 heteroatoms. The number of amidine groups is 1. The Morgan fingerprint density at radius 3 is 2.50 bits per heavy atom. The molecule has 16 heavy (non-hydrogen) atoms. The molecule has 1 rings (SSSR count). The lowest BCUT2D eigenvalue weighted by Crippen LogP contribution is -2.36. The van der Waals surface area contributed by atoms with E-state index in [0.717, 1.165) is 25.7 Å². The van der Waals surface area contributed by atoms with Crippen molar-refractivity contribution in [1.82, 2.24) is 5.43 Å². The number of halogens is 3. The van der Waals surface area contributed by atoms with E-state index in [1.807, 2.05) is 0 Å². The summed E-state index contributed by atoms with van der Waals surface area (Å²) in [6.07, 6.45) is -0.174. The van der Waals surface area contributed by atoms with Gasteiger partial charge < -0.3 is 10.2 Å². The molecule has 94 valence electrons. The number of alkyl halides is 3. The normalized spacial score (nSPS) is 19.1. The third-order valence-corrected chi connectivity index (χ3v) is 2.33. The van der Waals surface area contributed by atoms with Crippen LogP contribution < -0.4 is 11.3 Å². The molecule has 1 fully saturated rings. The molecule has 0 unspecified atom stereocenters. The Bertz CT molecular complexity index is 237. The first-order valence-electron chi connectivity index (χ1n) is 5.19. The number of nitrogens with one attached hydrogen (secondary N) is 1. The minimum Gasteiger partial charge on any atom is -0.364 e. The van der Waals surface area contributed by atoms with Crippen LogP contribution in [0.3, 0.4) is 0 Å². The number of rotatable bonds is 4. The van der Waals surface area contributed by atoms with E-state index in [1.54, 1.807) is 0 Å². The quantitative estimate of drug-likeness (QED) is 0.337. The van der Waals surface area contributed by atoms with Crippen molar-refractivity contribution in [3.63, 3.8) is 0 Å². The predicted molar refractivity (Wildman–Crippen MR) is 53.9 cm³/mol. The van der Waals surface area contributed by atoms with Crippen molar-refractivity contribution in [2.75, 3.05) is 13.2 Å². The van der Waals surface area contributed by atoms with Crippen molar-refractivity contribution in [2.24, 2.45) is 10.8 Å². The number of aliphatic imine (C=N–C) groups is 1. The summed E-state index contributed by atoms with van der Waals surface area (Å²) in [4.78, 5) is 4.20. The average Bonchev–Trinajstić information content (AvgIpc) is 2.67. The molecule has 0 heterocycles. The van der Waals surface area contributed by atoms with E-state index in [-0.39, 0.29) is 18.5 Å². The highest BCUT2D eigenvalue weighted by Gasteiger charge is 2.27. The van der Waals surface area contributed by atoms with E-state index < -0.39 is 12.8 Å². The molecule has 0 aliphatic heterocycles. The second kappa shape index (κ2) is 6.05. The van der Waals surface area contributed by atoms with Crippen LogP contribution in [0.4, 0.5) is 13.2 Å². The van der Waals surface area contributed by atoms with E-state index in [0.29, 0.717) is 0 Å². The summed E-state index contributed by atoms with van der Waals surface area (Å²) < 4.78 is 39.9. The molecule has 4 nitrogen and oxygen atoms in total. The van der Waals surface area contributed by atoms with E-state index in [4.69, 9.17) is 5.84 Å². The second-order valence-electron chi connectivity index (χ2n) is 3.77. The molecule has 0 aromatic carbocycles. The lowest BCUT2D eigenvalue weighted by Gasteiger charge is -2.11. The summed E-state index contributed by atoms with van der Waals surface area (Å²) in [5, 5.41) is 0. The molecule has 1 aliphatic rings. The molecule has 1 saturated carbocycles. The summed E-state index contributed by atoms with van der Waals surface area (Å²) in [7, 11) is 0. The molecular formula is C9H16F3N3O. The zero-order valence-electron chi connectivity index (χ0n) is 8.89. The maximum Gasteiger partial charge on any atom is 0.411 e. The van der Waals surface area contributed by atoms with E-state index in [2.05, 4.69) is 15.2 Å². The summed E-state index contributed by atoms with van der Waals surface area (Å²) in [5.74, 6) is 5.43. The molecule has 3 N–H and O–H groups in total. The van der Waals surface area contributed by atoms with Gasteiger partial charge in [-0.05, 0) is 12.8 Å². The number of hydrazine groups is 1. The topological polar surface area (TPSA) is 59.6 Å². The summed E-state index contributed by atoms with van der Waals surface area (Å²) in [6.45, 7) is -1.51. The Morgan fingerprint density at radius 2 is 2.00 bits per heavy atom. The van der Waals surface area contributed by atoms with Gasteiger partial charge in [-0.3, -0.25) is 4.99 Å². The van der Waals surface area contributed by atoms with Crippen LogP contribution in [0.25, 0.3) is 0 Å². The van der Waals surface area contributed by atoms with Crippen molar-refractivity contribution in [3.05, 3.63) is 0 Å². The monoisotopic (exact) mass is 239 g/mol. The number of ether oxygens (including phenoxy) is 1. The van der Waals surface area contributed by atoms with Crippen LogP contribution in [0, 0.1) is 0 Å². The Hall–Kier alpha value is -0.820. The fourth-order valence-electron chi connectivity index (χ4n) is 1.63. The number of nitrogens with two attached hydrogens (primary N) is 1. The average molecular weight is 239 g/mol. The van der Waals surface area contributed by atoms with E-state index in [9.17, 15) is 13.2 Å². The molecule has 0 saturated heterocycles. The lowest BCUT2D eigenvalue weighted by atomic mass is 10.3. The van der Waals surface area contributed by atoms with Crippen molar-refractivity contribution in [3.8, 4) is 0 Å². The van der Waals surface area contributed by atoms with Crippen LogP contribution in [0.5, 0.6) is 0 Å². The first-order valence-corrected chi connectivity index (χ1v) is 5.19. The molecule has 0 radical (unpaired) electrons. The smallest absolute Gasteiger partial charge is 0.364 e. The van der Waals surface area contributed by atoms with Gasteiger partial charge in [-0.25, -0.2) is 5.84 Å². The highest BCUT2D eigenvalue weighted by Crippen LogP contribution is 2.21. The van der Waals surface area contributed by atoms with Gasteiger partial charge in [0.15, 0.2) is 0 Å². The Morgan fingerprint density at radius 1 is 1.38 bits per heavy atom. The van der Waals surface area contributed by atoms with Gasteiger partial charge in [0, 0.05) is 0 Å². The van der Waals surface area contributed by atoms with Gasteiger partial charge in [-0.15, -0.1) is 0 Å². The molecular weight excluding hydrogens is 223 g/mol. The zero-order valence-corrected chi connectivity index (χ0v) is 8.89. The third kappa shape index (κ3) is 5.32. The third-order valence-electron chi connectivity index (χ3n) is 2.33. The maximum absolute atomic E-state index is 11.8. The first kappa shape index (κ1) is 13.2. The van der Waals surface area contributed by atoms with E-state index >= 15 is 0 Å². The number of nitrogens with zero attached hydrogens (tertiary/aromatic N) is 1. The molecule has 0 aromatic rings. The molecule has 0 spiro atoms. The van der Waals surface area contributed by atoms with Gasteiger partial charge in [0.2, 0.25) is 0 Å². The van der Waals surface area contributed by atoms with Gasteiger partial charge >= 0.3 is 6.18 Å². The van der Waals surface area contributed by atoms with Crippen LogP contribution in [0.1, 0.15) is 25.7 Å². The fraction of sp³-hybridized carbons (Fsp3) is 0.889. The number of hydrogen-bond donors (Lipinski definition) is 2. The molecule has 0 aromatic heterocycles. The van der Waals surface area contributed by atoms with Crippen molar-refractivity contribution < 1.29 is 17.9 Å². The Kier molecular flexibility index (Phi) is 5.01.